The van der Waals surface area contributed by atoms with Crippen molar-refractivity contribution in [2.75, 3.05) is 19.6 Å². The van der Waals surface area contributed by atoms with Gasteiger partial charge in [-0.15, -0.1) is 0 Å². The molecule has 2 fully saturated rings. The lowest BCUT2D eigenvalue weighted by Gasteiger charge is -2.33. The maximum atomic E-state index is 3.94. The number of nitrogens with zero attached hydrogens (tertiary/aromatic N) is 1. The third-order valence-electron chi connectivity index (χ3n) is 4.76. The molecule has 1 N–H and O–H groups in total. The molecule has 0 amide bonds. The minimum Gasteiger partial charge on any atom is -0.311 e. The number of likely N-dealkylation sites (tertiary alicyclic amines) is 1. The van der Waals surface area contributed by atoms with Crippen LogP contribution >= 0.6 is 0 Å². The molecule has 0 aromatic heterocycles. The highest BCUT2D eigenvalue weighted by molar-refractivity contribution is 4.82. The van der Waals surface area contributed by atoms with Gasteiger partial charge < -0.3 is 10.2 Å². The van der Waals surface area contributed by atoms with E-state index in [-0.39, 0.29) is 0 Å². The van der Waals surface area contributed by atoms with E-state index >= 15 is 0 Å². The summed E-state index contributed by atoms with van der Waals surface area (Å²) in [6, 6.07) is 1.62. The summed E-state index contributed by atoms with van der Waals surface area (Å²) >= 11 is 0. The Bertz CT molecular complexity index is 209. The molecule has 17 heavy (non-hydrogen) atoms. The molecular weight excluding hydrogens is 208 g/mol. The minimum atomic E-state index is 0.802. The SMILES string of the molecule is CCN1CCC(NC2CCCC(C)CC2)CC1. The monoisotopic (exact) mass is 238 g/mol. The molecule has 0 bridgehead atoms. The molecular formula is C15H30N2. The van der Waals surface area contributed by atoms with Gasteiger partial charge in [0.1, 0.15) is 0 Å². The molecule has 100 valence electrons. The Morgan fingerprint density at radius 1 is 0.941 bits per heavy atom. The number of rotatable bonds is 3. The molecule has 2 nitrogen and oxygen atoms in total. The molecule has 1 aliphatic heterocycles. The molecule has 1 aliphatic carbocycles. The highest BCUT2D eigenvalue weighted by atomic mass is 15.1. The molecule has 0 spiro atoms. The first-order valence-electron chi connectivity index (χ1n) is 7.76. The Morgan fingerprint density at radius 2 is 1.65 bits per heavy atom. The van der Waals surface area contributed by atoms with Gasteiger partial charge in [-0.1, -0.05) is 26.7 Å². The predicted molar refractivity (Wildman–Crippen MR) is 74.3 cm³/mol. The summed E-state index contributed by atoms with van der Waals surface area (Å²) in [5, 5.41) is 3.94. The van der Waals surface area contributed by atoms with Crippen molar-refractivity contribution >= 4 is 0 Å². The lowest BCUT2D eigenvalue weighted by molar-refractivity contribution is 0.195. The van der Waals surface area contributed by atoms with Crippen molar-refractivity contribution in [3.63, 3.8) is 0 Å². The molecule has 1 heterocycles. The largest absolute Gasteiger partial charge is 0.311 e. The van der Waals surface area contributed by atoms with E-state index in [4.69, 9.17) is 0 Å². The summed E-state index contributed by atoms with van der Waals surface area (Å²) in [6.45, 7) is 8.53. The van der Waals surface area contributed by atoms with Crippen molar-refractivity contribution < 1.29 is 0 Å². The number of piperidine rings is 1. The predicted octanol–water partition coefficient (Wildman–Crippen LogP) is 3.03. The third-order valence-corrected chi connectivity index (χ3v) is 4.76. The number of nitrogens with one attached hydrogen (secondary N) is 1. The van der Waals surface area contributed by atoms with E-state index in [1.807, 2.05) is 0 Å². The zero-order valence-electron chi connectivity index (χ0n) is 11.8. The van der Waals surface area contributed by atoms with Gasteiger partial charge in [0.05, 0.1) is 0 Å². The molecule has 1 saturated carbocycles. The fourth-order valence-corrected chi connectivity index (χ4v) is 3.40. The van der Waals surface area contributed by atoms with Gasteiger partial charge in [-0.3, -0.25) is 0 Å². The normalized spacial score (nSPS) is 33.5. The number of hydrogen-bond acceptors (Lipinski definition) is 2. The highest BCUT2D eigenvalue weighted by Crippen LogP contribution is 2.23. The van der Waals surface area contributed by atoms with Gasteiger partial charge in [-0.25, -0.2) is 0 Å². The molecule has 0 aromatic rings. The van der Waals surface area contributed by atoms with Crippen LogP contribution in [0.4, 0.5) is 0 Å². The second-order valence-corrected chi connectivity index (χ2v) is 6.19. The van der Waals surface area contributed by atoms with Crippen LogP contribution in [0, 0.1) is 5.92 Å². The molecule has 2 unspecified atom stereocenters. The fraction of sp³-hybridized carbons (Fsp3) is 1.00. The van der Waals surface area contributed by atoms with Gasteiger partial charge in [0.25, 0.3) is 0 Å². The molecule has 2 heteroatoms. The lowest BCUT2D eigenvalue weighted by atomic mass is 10.0. The maximum absolute atomic E-state index is 3.94. The maximum Gasteiger partial charge on any atom is 0.00940 e. The quantitative estimate of drug-likeness (QED) is 0.760. The summed E-state index contributed by atoms with van der Waals surface area (Å²) in [6.07, 6.45) is 9.87. The van der Waals surface area contributed by atoms with E-state index in [0.717, 1.165) is 18.0 Å². The van der Waals surface area contributed by atoms with Crippen molar-refractivity contribution in [3.05, 3.63) is 0 Å². The van der Waals surface area contributed by atoms with Gasteiger partial charge in [0, 0.05) is 12.1 Å². The highest BCUT2D eigenvalue weighted by Gasteiger charge is 2.22. The van der Waals surface area contributed by atoms with E-state index in [1.54, 1.807) is 0 Å². The zero-order valence-corrected chi connectivity index (χ0v) is 11.8. The van der Waals surface area contributed by atoms with Gasteiger partial charge in [-0.05, 0) is 57.7 Å². The average Bonchev–Trinajstić information content (AvgIpc) is 2.56. The summed E-state index contributed by atoms with van der Waals surface area (Å²) in [7, 11) is 0. The molecule has 0 radical (unpaired) electrons. The van der Waals surface area contributed by atoms with Crippen LogP contribution in [0.1, 0.15) is 58.8 Å². The van der Waals surface area contributed by atoms with Crippen molar-refractivity contribution in [2.45, 2.75) is 70.9 Å². The number of hydrogen-bond donors (Lipinski definition) is 1. The Balaban J connectivity index is 1.70. The van der Waals surface area contributed by atoms with Crippen molar-refractivity contribution in [1.82, 2.24) is 10.2 Å². The second-order valence-electron chi connectivity index (χ2n) is 6.19. The van der Waals surface area contributed by atoms with Crippen molar-refractivity contribution in [1.29, 1.82) is 0 Å². The summed E-state index contributed by atoms with van der Waals surface area (Å²) in [5.74, 6) is 0.962. The van der Waals surface area contributed by atoms with Crippen LogP contribution in [0.25, 0.3) is 0 Å². The molecule has 0 aromatic carbocycles. The van der Waals surface area contributed by atoms with Crippen LogP contribution < -0.4 is 5.32 Å². The summed E-state index contributed by atoms with van der Waals surface area (Å²) in [4.78, 5) is 2.58. The molecule has 1 saturated heterocycles. The first-order valence-corrected chi connectivity index (χ1v) is 7.76. The molecule has 2 aliphatic rings. The summed E-state index contributed by atoms with van der Waals surface area (Å²) < 4.78 is 0. The van der Waals surface area contributed by atoms with E-state index < -0.39 is 0 Å². The Hall–Kier alpha value is -0.0800. The average molecular weight is 238 g/mol. The Morgan fingerprint density at radius 3 is 2.35 bits per heavy atom. The smallest absolute Gasteiger partial charge is 0.00940 e. The fourth-order valence-electron chi connectivity index (χ4n) is 3.40. The van der Waals surface area contributed by atoms with E-state index in [9.17, 15) is 0 Å². The molecule has 2 rings (SSSR count). The first-order chi connectivity index (χ1) is 8.28. The Kier molecular flexibility index (Phi) is 5.30. The Labute approximate surface area is 107 Å². The van der Waals surface area contributed by atoms with E-state index in [0.29, 0.717) is 0 Å². The zero-order chi connectivity index (χ0) is 12.1. The first kappa shape index (κ1) is 13.4. The summed E-state index contributed by atoms with van der Waals surface area (Å²) in [5.41, 5.74) is 0. The van der Waals surface area contributed by atoms with Gasteiger partial charge in [-0.2, -0.15) is 0 Å². The van der Waals surface area contributed by atoms with Crippen LogP contribution in [0.3, 0.4) is 0 Å². The van der Waals surface area contributed by atoms with Gasteiger partial charge >= 0.3 is 0 Å². The van der Waals surface area contributed by atoms with Gasteiger partial charge in [0.15, 0.2) is 0 Å². The van der Waals surface area contributed by atoms with Crippen molar-refractivity contribution in [2.24, 2.45) is 5.92 Å². The third kappa shape index (κ3) is 4.26. The van der Waals surface area contributed by atoms with Gasteiger partial charge in [0.2, 0.25) is 0 Å². The van der Waals surface area contributed by atoms with Crippen LogP contribution in [0.15, 0.2) is 0 Å². The standard InChI is InChI=1S/C15H30N2/c1-3-17-11-9-15(10-12-17)16-14-6-4-5-13(2)7-8-14/h13-16H,3-12H2,1-2H3. The molecule has 2 atom stereocenters. The van der Waals surface area contributed by atoms with Crippen LogP contribution in [-0.4, -0.2) is 36.6 Å². The van der Waals surface area contributed by atoms with Crippen LogP contribution in [0.2, 0.25) is 0 Å². The van der Waals surface area contributed by atoms with E-state index in [2.05, 4.69) is 24.1 Å². The second kappa shape index (κ2) is 6.75. The van der Waals surface area contributed by atoms with Crippen LogP contribution in [0.5, 0.6) is 0 Å². The topological polar surface area (TPSA) is 15.3 Å². The van der Waals surface area contributed by atoms with E-state index in [1.165, 1.54) is 64.6 Å². The minimum absolute atomic E-state index is 0.802. The van der Waals surface area contributed by atoms with Crippen molar-refractivity contribution in [3.8, 4) is 0 Å². The van der Waals surface area contributed by atoms with Crippen LogP contribution in [-0.2, 0) is 0 Å². The lowest BCUT2D eigenvalue weighted by Crippen LogP contribution is -2.46.